The van der Waals surface area contributed by atoms with E-state index in [1.165, 1.54) is 32.2 Å². The summed E-state index contributed by atoms with van der Waals surface area (Å²) in [4.78, 5) is 23.8. The number of amides is 1. The van der Waals surface area contributed by atoms with Crippen molar-refractivity contribution in [2.45, 2.75) is 13.0 Å². The highest BCUT2D eigenvalue weighted by Crippen LogP contribution is 2.17. The highest BCUT2D eigenvalue weighted by molar-refractivity contribution is 5.96. The molecule has 2 aromatic rings. The van der Waals surface area contributed by atoms with E-state index in [2.05, 4.69) is 5.32 Å². The number of anilines is 1. The van der Waals surface area contributed by atoms with Crippen molar-refractivity contribution in [3.63, 3.8) is 0 Å². The average molecular weight is 343 g/mol. The van der Waals surface area contributed by atoms with Crippen LogP contribution in [0.25, 0.3) is 6.08 Å². The summed E-state index contributed by atoms with van der Waals surface area (Å²) in [5.41, 5.74) is 0.780. The van der Waals surface area contributed by atoms with Gasteiger partial charge in [0.2, 0.25) is 0 Å². The molecular formula is C19H18FNO4. The van der Waals surface area contributed by atoms with Gasteiger partial charge in [0.05, 0.1) is 7.11 Å². The third-order valence-electron chi connectivity index (χ3n) is 3.30. The van der Waals surface area contributed by atoms with Gasteiger partial charge in [0.25, 0.3) is 5.91 Å². The van der Waals surface area contributed by atoms with Crippen LogP contribution in [-0.2, 0) is 14.3 Å². The average Bonchev–Trinajstić information content (AvgIpc) is 2.61. The van der Waals surface area contributed by atoms with Crippen LogP contribution in [0.1, 0.15) is 12.5 Å². The second-order valence-electron chi connectivity index (χ2n) is 5.16. The van der Waals surface area contributed by atoms with E-state index in [9.17, 15) is 14.0 Å². The van der Waals surface area contributed by atoms with Gasteiger partial charge in [-0.2, -0.15) is 0 Å². The lowest BCUT2D eigenvalue weighted by Crippen LogP contribution is -2.29. The van der Waals surface area contributed by atoms with E-state index in [1.807, 2.05) is 0 Å². The topological polar surface area (TPSA) is 64.6 Å². The predicted octanol–water partition coefficient (Wildman–Crippen LogP) is 3.42. The smallest absolute Gasteiger partial charge is 0.331 e. The number of carbonyl (C=O) groups is 2. The van der Waals surface area contributed by atoms with Crippen LogP contribution in [0.2, 0.25) is 0 Å². The van der Waals surface area contributed by atoms with Crippen LogP contribution in [0, 0.1) is 5.82 Å². The second kappa shape index (κ2) is 8.63. The molecule has 0 radical (unpaired) electrons. The molecule has 1 N–H and O–H groups in total. The highest BCUT2D eigenvalue weighted by atomic mass is 19.1. The molecule has 6 heteroatoms. The lowest BCUT2D eigenvalue weighted by atomic mass is 10.2. The van der Waals surface area contributed by atoms with Gasteiger partial charge >= 0.3 is 5.97 Å². The number of ether oxygens (including phenoxy) is 2. The quantitative estimate of drug-likeness (QED) is 0.645. The van der Waals surface area contributed by atoms with Crippen LogP contribution in [0.15, 0.2) is 54.6 Å². The molecule has 2 aromatic carbocycles. The van der Waals surface area contributed by atoms with Crippen molar-refractivity contribution in [1.82, 2.24) is 0 Å². The van der Waals surface area contributed by atoms with E-state index < -0.39 is 23.8 Å². The fourth-order valence-corrected chi connectivity index (χ4v) is 1.98. The molecule has 1 atom stereocenters. The van der Waals surface area contributed by atoms with Crippen molar-refractivity contribution in [2.75, 3.05) is 12.4 Å². The number of rotatable bonds is 6. The van der Waals surface area contributed by atoms with Crippen molar-refractivity contribution in [3.05, 3.63) is 66.0 Å². The van der Waals surface area contributed by atoms with Crippen molar-refractivity contribution in [2.24, 2.45) is 0 Å². The Kier molecular flexibility index (Phi) is 6.28. The van der Waals surface area contributed by atoms with Crippen LogP contribution >= 0.6 is 0 Å². The SMILES string of the molecule is COc1cccc(NC(=O)[C@H](C)OC(=O)/C=C/c2ccccc2F)c1. The minimum Gasteiger partial charge on any atom is -0.497 e. The molecule has 0 saturated heterocycles. The number of esters is 1. The van der Waals surface area contributed by atoms with E-state index in [0.717, 1.165) is 6.08 Å². The molecule has 5 nitrogen and oxygen atoms in total. The number of methoxy groups -OCH3 is 1. The molecule has 130 valence electrons. The first kappa shape index (κ1) is 18.2. The predicted molar refractivity (Wildman–Crippen MR) is 92.6 cm³/mol. The van der Waals surface area contributed by atoms with Gasteiger partial charge in [0.15, 0.2) is 6.10 Å². The number of benzene rings is 2. The minimum absolute atomic E-state index is 0.257. The van der Waals surface area contributed by atoms with Crippen LogP contribution in [0.3, 0.4) is 0 Å². The minimum atomic E-state index is -1.01. The first-order chi connectivity index (χ1) is 12.0. The van der Waals surface area contributed by atoms with Gasteiger partial charge < -0.3 is 14.8 Å². The van der Waals surface area contributed by atoms with Crippen molar-refractivity contribution in [1.29, 1.82) is 0 Å². The third kappa shape index (κ3) is 5.46. The summed E-state index contributed by atoms with van der Waals surface area (Å²) >= 11 is 0. The van der Waals surface area contributed by atoms with Gasteiger partial charge in [-0.1, -0.05) is 24.3 Å². The maximum atomic E-state index is 13.5. The third-order valence-corrected chi connectivity index (χ3v) is 3.30. The molecule has 0 aliphatic rings. The molecule has 2 rings (SSSR count). The number of carbonyl (C=O) groups excluding carboxylic acids is 2. The number of halogens is 1. The Morgan fingerprint density at radius 1 is 1.16 bits per heavy atom. The maximum absolute atomic E-state index is 13.5. The molecule has 0 bridgehead atoms. The normalized spacial score (nSPS) is 11.8. The fourth-order valence-electron chi connectivity index (χ4n) is 1.98. The molecule has 0 unspecified atom stereocenters. The molecule has 0 aliphatic heterocycles. The first-order valence-corrected chi connectivity index (χ1v) is 7.57. The number of hydrogen-bond acceptors (Lipinski definition) is 4. The first-order valence-electron chi connectivity index (χ1n) is 7.57. The Bertz CT molecular complexity index is 788. The van der Waals surface area contributed by atoms with Crippen LogP contribution in [0.4, 0.5) is 10.1 Å². The van der Waals surface area contributed by atoms with Crippen LogP contribution in [0.5, 0.6) is 5.75 Å². The lowest BCUT2D eigenvalue weighted by molar-refractivity contribution is -0.148. The Morgan fingerprint density at radius 2 is 1.92 bits per heavy atom. The van der Waals surface area contributed by atoms with Gasteiger partial charge in [-0.15, -0.1) is 0 Å². The summed E-state index contributed by atoms with van der Waals surface area (Å²) in [5.74, 6) is -1.08. The van der Waals surface area contributed by atoms with E-state index >= 15 is 0 Å². The monoisotopic (exact) mass is 343 g/mol. The van der Waals surface area contributed by atoms with E-state index in [4.69, 9.17) is 9.47 Å². The number of hydrogen-bond donors (Lipinski definition) is 1. The molecule has 0 spiro atoms. The Morgan fingerprint density at radius 3 is 2.64 bits per heavy atom. The summed E-state index contributed by atoms with van der Waals surface area (Å²) in [6.07, 6.45) is 1.36. The number of nitrogens with one attached hydrogen (secondary N) is 1. The standard InChI is InChI=1S/C19H18FNO4/c1-13(19(23)21-15-7-5-8-16(12-15)24-2)25-18(22)11-10-14-6-3-4-9-17(14)20/h3-13H,1-2H3,(H,21,23)/b11-10+/t13-/m0/s1. The van der Waals surface area contributed by atoms with Gasteiger partial charge in [0.1, 0.15) is 11.6 Å². The van der Waals surface area contributed by atoms with Crippen LogP contribution < -0.4 is 10.1 Å². The van der Waals surface area contributed by atoms with Gasteiger partial charge in [0, 0.05) is 23.4 Å². The zero-order chi connectivity index (χ0) is 18.2. The Balaban J connectivity index is 1.91. The molecule has 0 aliphatic carbocycles. The summed E-state index contributed by atoms with van der Waals surface area (Å²) in [7, 11) is 1.52. The maximum Gasteiger partial charge on any atom is 0.331 e. The van der Waals surface area contributed by atoms with E-state index in [-0.39, 0.29) is 5.56 Å². The van der Waals surface area contributed by atoms with Crippen molar-refractivity contribution in [3.8, 4) is 5.75 Å². The van der Waals surface area contributed by atoms with E-state index in [1.54, 1.807) is 36.4 Å². The summed E-state index contributed by atoms with van der Waals surface area (Å²) in [6, 6.07) is 12.8. The molecule has 0 aromatic heterocycles. The fraction of sp³-hybridized carbons (Fsp3) is 0.158. The summed E-state index contributed by atoms with van der Waals surface area (Å²) in [5, 5.41) is 2.62. The Labute approximate surface area is 145 Å². The van der Waals surface area contributed by atoms with Crippen molar-refractivity contribution >= 4 is 23.6 Å². The van der Waals surface area contributed by atoms with E-state index in [0.29, 0.717) is 11.4 Å². The largest absolute Gasteiger partial charge is 0.497 e. The van der Waals surface area contributed by atoms with Gasteiger partial charge in [-0.3, -0.25) is 4.79 Å². The molecule has 0 saturated carbocycles. The second-order valence-corrected chi connectivity index (χ2v) is 5.16. The Hall–Kier alpha value is -3.15. The molecule has 0 fully saturated rings. The molecule has 0 heterocycles. The molecule has 25 heavy (non-hydrogen) atoms. The van der Waals surface area contributed by atoms with Crippen LogP contribution in [-0.4, -0.2) is 25.1 Å². The summed E-state index contributed by atoms with van der Waals surface area (Å²) < 4.78 is 23.5. The molecular weight excluding hydrogens is 325 g/mol. The highest BCUT2D eigenvalue weighted by Gasteiger charge is 2.17. The zero-order valence-electron chi connectivity index (χ0n) is 13.9. The molecule has 1 amide bonds. The van der Waals surface area contributed by atoms with Crippen molar-refractivity contribution < 1.29 is 23.5 Å². The van der Waals surface area contributed by atoms with Gasteiger partial charge in [-0.25, -0.2) is 9.18 Å². The summed E-state index contributed by atoms with van der Waals surface area (Å²) in [6.45, 7) is 1.45. The lowest BCUT2D eigenvalue weighted by Gasteiger charge is -2.13. The zero-order valence-corrected chi connectivity index (χ0v) is 13.9. The van der Waals surface area contributed by atoms with Gasteiger partial charge in [-0.05, 0) is 31.2 Å².